The van der Waals surface area contributed by atoms with Crippen LogP contribution in [0.25, 0.3) is 0 Å². The van der Waals surface area contributed by atoms with Gasteiger partial charge in [-0.05, 0) is 48.5 Å². The molecule has 0 aliphatic carbocycles. The Bertz CT molecular complexity index is 870. The molecule has 0 radical (unpaired) electrons. The van der Waals surface area contributed by atoms with E-state index in [-0.39, 0.29) is 18.8 Å². The highest BCUT2D eigenvalue weighted by molar-refractivity contribution is 7.99. The lowest BCUT2D eigenvalue weighted by atomic mass is 10.1. The van der Waals surface area contributed by atoms with E-state index in [4.69, 9.17) is 15.1 Å². The van der Waals surface area contributed by atoms with Crippen LogP contribution >= 0.6 is 11.8 Å². The smallest absolute Gasteiger partial charge is 0.332 e. The number of oxime groups is 1. The monoisotopic (exact) mass is 384 g/mol. The van der Waals surface area contributed by atoms with Gasteiger partial charge in [0.15, 0.2) is 0 Å². The lowest BCUT2D eigenvalue weighted by molar-refractivity contribution is -0.140. The molecule has 2 aromatic carbocycles. The number of benzene rings is 2. The maximum absolute atomic E-state index is 12.2. The number of aliphatic hydroxyl groups is 1. The predicted octanol–water partition coefficient (Wildman–Crippen LogP) is 2.83. The highest BCUT2D eigenvalue weighted by Gasteiger charge is 2.15. The molecule has 7 nitrogen and oxygen atoms in total. The highest BCUT2D eigenvalue weighted by atomic mass is 32.2. The summed E-state index contributed by atoms with van der Waals surface area (Å²) in [6, 6.07) is 15.6. The molecule has 0 aliphatic rings. The van der Waals surface area contributed by atoms with Crippen molar-refractivity contribution in [2.24, 2.45) is 5.16 Å². The van der Waals surface area contributed by atoms with Crippen LogP contribution in [0.5, 0.6) is 5.75 Å². The molecule has 2 aromatic rings. The van der Waals surface area contributed by atoms with Gasteiger partial charge < -0.3 is 14.7 Å². The number of nitriles is 1. The van der Waals surface area contributed by atoms with Gasteiger partial charge in [0.25, 0.3) is 0 Å². The molecule has 1 N–H and O–H groups in total. The number of rotatable bonds is 8. The van der Waals surface area contributed by atoms with Crippen LogP contribution < -0.4 is 4.74 Å². The molecule has 0 saturated carbocycles. The zero-order valence-electron chi connectivity index (χ0n) is 14.4. The van der Waals surface area contributed by atoms with E-state index in [0.29, 0.717) is 5.75 Å². The molecule has 0 saturated heterocycles. The Hall–Kier alpha value is -3.15. The van der Waals surface area contributed by atoms with E-state index in [9.17, 15) is 9.59 Å². The minimum atomic E-state index is -0.713. The van der Waals surface area contributed by atoms with Gasteiger partial charge in [-0.2, -0.15) is 5.26 Å². The summed E-state index contributed by atoms with van der Waals surface area (Å²) in [5, 5.41) is 21.0. The summed E-state index contributed by atoms with van der Waals surface area (Å²) < 4.78 is 5.30. The first-order valence-electron chi connectivity index (χ1n) is 7.85. The SMILES string of the molecule is CC(=O)O/N=C(\C#N)C(=O)c1ccc(Sc2ccc(OCCO)cc2)cc1. The molecule has 0 aromatic heterocycles. The lowest BCUT2D eigenvalue weighted by Gasteiger charge is -2.06. The third-order valence-corrected chi connectivity index (χ3v) is 4.14. The fourth-order valence-corrected chi connectivity index (χ4v) is 2.75. The Morgan fingerprint density at radius 3 is 2.22 bits per heavy atom. The van der Waals surface area contributed by atoms with E-state index < -0.39 is 17.5 Å². The van der Waals surface area contributed by atoms with E-state index in [2.05, 4.69) is 9.99 Å². The van der Waals surface area contributed by atoms with Crippen molar-refractivity contribution >= 4 is 29.2 Å². The van der Waals surface area contributed by atoms with Crippen LogP contribution in [0.15, 0.2) is 63.5 Å². The molecule has 0 atom stereocenters. The van der Waals surface area contributed by atoms with Gasteiger partial charge in [-0.3, -0.25) is 4.79 Å². The molecular weight excluding hydrogens is 368 g/mol. The first kappa shape index (κ1) is 20.2. The number of hydrogen-bond acceptors (Lipinski definition) is 8. The van der Waals surface area contributed by atoms with Crippen LogP contribution in [-0.4, -0.2) is 35.8 Å². The number of carbonyl (C=O) groups excluding carboxylic acids is 2. The third-order valence-electron chi connectivity index (χ3n) is 3.12. The zero-order chi connectivity index (χ0) is 19.6. The summed E-state index contributed by atoms with van der Waals surface area (Å²) in [5.74, 6) is -0.666. The van der Waals surface area contributed by atoms with E-state index in [1.165, 1.54) is 11.8 Å². The van der Waals surface area contributed by atoms with Crippen molar-refractivity contribution in [2.75, 3.05) is 13.2 Å². The lowest BCUT2D eigenvalue weighted by Crippen LogP contribution is -2.13. The zero-order valence-corrected chi connectivity index (χ0v) is 15.2. The molecule has 2 rings (SSSR count). The average Bonchev–Trinajstić information content (AvgIpc) is 2.68. The van der Waals surface area contributed by atoms with Crippen LogP contribution in [0.2, 0.25) is 0 Å². The van der Waals surface area contributed by atoms with Crippen molar-refractivity contribution in [3.63, 3.8) is 0 Å². The second kappa shape index (κ2) is 10.1. The molecule has 0 unspecified atom stereocenters. The van der Waals surface area contributed by atoms with Gasteiger partial charge in [0.05, 0.1) is 6.61 Å². The van der Waals surface area contributed by atoms with E-state index in [0.717, 1.165) is 16.7 Å². The maximum atomic E-state index is 12.2. The normalized spacial score (nSPS) is 10.8. The number of hydrogen-bond donors (Lipinski definition) is 1. The summed E-state index contributed by atoms with van der Waals surface area (Å²) in [6.45, 7) is 1.33. The van der Waals surface area contributed by atoms with Gasteiger partial charge in [0.1, 0.15) is 18.4 Å². The van der Waals surface area contributed by atoms with Crippen LogP contribution in [-0.2, 0) is 9.63 Å². The summed E-state index contributed by atoms with van der Waals surface area (Å²) in [7, 11) is 0. The number of nitrogens with zero attached hydrogens (tertiary/aromatic N) is 2. The quantitative estimate of drug-likeness (QED) is 0.322. The standard InChI is InChI=1S/C19H16N2O5S/c1-13(23)26-21-18(12-20)19(24)14-2-6-16(7-3-14)27-17-8-4-15(5-9-17)25-11-10-22/h2-9,22H,10-11H2,1H3/b21-18+. The summed E-state index contributed by atoms with van der Waals surface area (Å²) >= 11 is 1.49. The molecule has 0 fully saturated rings. The van der Waals surface area contributed by atoms with Crippen molar-refractivity contribution in [2.45, 2.75) is 16.7 Å². The average molecular weight is 384 g/mol. The number of carbonyl (C=O) groups is 2. The van der Waals surface area contributed by atoms with Gasteiger partial charge in [0, 0.05) is 22.3 Å². The first-order valence-corrected chi connectivity index (χ1v) is 8.67. The largest absolute Gasteiger partial charge is 0.491 e. The van der Waals surface area contributed by atoms with Crippen molar-refractivity contribution < 1.29 is 24.3 Å². The number of ether oxygens (including phenoxy) is 1. The Kier molecular flexibility index (Phi) is 7.55. The van der Waals surface area contributed by atoms with Crippen molar-refractivity contribution in [3.8, 4) is 11.8 Å². The second-order valence-corrected chi connectivity index (χ2v) is 6.28. The number of Topliss-reactive ketones (excluding diaryl/α,β-unsaturated/α-hetero) is 1. The van der Waals surface area contributed by atoms with Gasteiger partial charge in [-0.1, -0.05) is 16.9 Å². The van der Waals surface area contributed by atoms with Crippen LogP contribution in [0.1, 0.15) is 17.3 Å². The summed E-state index contributed by atoms with van der Waals surface area (Å²) in [6.07, 6.45) is 0. The number of ketones is 1. The maximum Gasteiger partial charge on any atom is 0.332 e. The molecule has 0 aliphatic heterocycles. The van der Waals surface area contributed by atoms with E-state index in [1.54, 1.807) is 42.5 Å². The van der Waals surface area contributed by atoms with Gasteiger partial charge in [0.2, 0.25) is 11.5 Å². The molecule has 0 amide bonds. The van der Waals surface area contributed by atoms with Crippen LogP contribution in [0.4, 0.5) is 0 Å². The van der Waals surface area contributed by atoms with E-state index in [1.807, 2.05) is 12.1 Å². The van der Waals surface area contributed by atoms with Crippen LogP contribution in [0.3, 0.4) is 0 Å². The predicted molar refractivity (Wildman–Crippen MR) is 98.7 cm³/mol. The van der Waals surface area contributed by atoms with E-state index >= 15 is 0 Å². The molecule has 0 heterocycles. The Labute approximate surface area is 160 Å². The Morgan fingerprint density at radius 2 is 1.70 bits per heavy atom. The fourth-order valence-electron chi connectivity index (χ4n) is 1.94. The Morgan fingerprint density at radius 1 is 1.11 bits per heavy atom. The number of aliphatic hydroxyl groups excluding tert-OH is 1. The minimum absolute atomic E-state index is 0.0410. The second-order valence-electron chi connectivity index (χ2n) is 5.13. The Balaban J connectivity index is 2.04. The van der Waals surface area contributed by atoms with Gasteiger partial charge in [-0.15, -0.1) is 0 Å². The molecule has 8 heteroatoms. The first-order chi connectivity index (χ1) is 13.0. The fraction of sp³-hybridized carbons (Fsp3) is 0.158. The highest BCUT2D eigenvalue weighted by Crippen LogP contribution is 2.29. The summed E-state index contributed by atoms with van der Waals surface area (Å²) in [4.78, 5) is 29.2. The molecule has 0 bridgehead atoms. The van der Waals surface area contributed by atoms with Crippen molar-refractivity contribution in [1.82, 2.24) is 0 Å². The minimum Gasteiger partial charge on any atom is -0.491 e. The third kappa shape index (κ3) is 6.26. The van der Waals surface area contributed by atoms with Crippen LogP contribution in [0, 0.1) is 11.3 Å². The molecule has 138 valence electrons. The van der Waals surface area contributed by atoms with Gasteiger partial charge >= 0.3 is 5.97 Å². The topological polar surface area (TPSA) is 109 Å². The molecular formula is C19H16N2O5S. The van der Waals surface area contributed by atoms with Crippen molar-refractivity contribution in [3.05, 3.63) is 54.1 Å². The molecule has 27 heavy (non-hydrogen) atoms. The van der Waals surface area contributed by atoms with Crippen molar-refractivity contribution in [1.29, 1.82) is 5.26 Å². The van der Waals surface area contributed by atoms with Gasteiger partial charge in [-0.25, -0.2) is 4.79 Å². The summed E-state index contributed by atoms with van der Waals surface area (Å²) in [5.41, 5.74) is -0.233. The molecule has 0 spiro atoms.